The Morgan fingerprint density at radius 3 is 2.82 bits per heavy atom. The summed E-state index contributed by atoms with van der Waals surface area (Å²) in [4.78, 5) is 0. The first-order valence-corrected chi connectivity index (χ1v) is 3.56. The summed E-state index contributed by atoms with van der Waals surface area (Å²) < 4.78 is 5.17. The zero-order chi connectivity index (χ0) is 6.97. The third-order valence-corrected chi connectivity index (χ3v) is 2.03. The van der Waals surface area contributed by atoms with E-state index in [4.69, 9.17) is 4.74 Å². The van der Waals surface area contributed by atoms with Gasteiger partial charge in [-0.1, -0.05) is 12.1 Å². The Hall–Kier alpha value is -1.02. The monoisotopic (exact) mass is 151 g/mol. The fourth-order valence-corrected chi connectivity index (χ4v) is 1.46. The Morgan fingerprint density at radius 1 is 1.27 bits per heavy atom. The average Bonchev–Trinajstić information content (AvgIpc) is 2.34. The van der Waals surface area contributed by atoms with Gasteiger partial charge in [-0.15, -0.1) is 0 Å². The Labute approximate surface area is 66.8 Å². The van der Waals surface area contributed by atoms with Gasteiger partial charge in [-0.25, -0.2) is 0 Å². The van der Waals surface area contributed by atoms with E-state index in [0.29, 0.717) is 0 Å². The zero-order valence-corrected chi connectivity index (χ0v) is 6.76. The van der Waals surface area contributed by atoms with Crippen LogP contribution in [0, 0.1) is 0 Å². The van der Waals surface area contributed by atoms with Gasteiger partial charge in [0, 0.05) is 0 Å². The average molecular weight is 151 g/mol. The molecule has 1 aromatic carbocycles. The molecule has 11 heavy (non-hydrogen) atoms. The Balaban J connectivity index is 0.000000605. The van der Waals surface area contributed by atoms with E-state index in [1.54, 1.807) is 7.11 Å². The van der Waals surface area contributed by atoms with Gasteiger partial charge in [0.15, 0.2) is 0 Å². The molecule has 2 heteroatoms. The van der Waals surface area contributed by atoms with Gasteiger partial charge in [0.2, 0.25) is 0 Å². The summed E-state index contributed by atoms with van der Waals surface area (Å²) in [5.74, 6) is 1.04. The van der Waals surface area contributed by atoms with Crippen molar-refractivity contribution < 1.29 is 4.74 Å². The number of hydrogen-bond acceptors (Lipinski definition) is 2. The minimum absolute atomic E-state index is 0. The minimum Gasteiger partial charge on any atom is -0.496 e. The molecule has 2 rings (SSSR count). The van der Waals surface area contributed by atoms with Crippen LogP contribution in [-0.2, 0) is 12.8 Å². The topological polar surface area (TPSA) is 44.2 Å². The first-order chi connectivity index (χ1) is 4.90. The van der Waals surface area contributed by atoms with Crippen molar-refractivity contribution in [1.29, 1.82) is 0 Å². The van der Waals surface area contributed by atoms with Gasteiger partial charge in [0.05, 0.1) is 7.11 Å². The van der Waals surface area contributed by atoms with E-state index in [9.17, 15) is 0 Å². The Kier molecular flexibility index (Phi) is 2.15. The largest absolute Gasteiger partial charge is 0.496 e. The summed E-state index contributed by atoms with van der Waals surface area (Å²) in [6, 6.07) is 6.41. The molecule has 3 N–H and O–H groups in total. The van der Waals surface area contributed by atoms with E-state index in [0.717, 1.165) is 12.2 Å². The smallest absolute Gasteiger partial charge is 0.122 e. The lowest BCUT2D eigenvalue weighted by Crippen LogP contribution is -1.85. The molecule has 0 aromatic heterocycles. The van der Waals surface area contributed by atoms with Crippen LogP contribution >= 0.6 is 0 Å². The summed E-state index contributed by atoms with van der Waals surface area (Å²) in [5, 5.41) is 0. The third-order valence-electron chi connectivity index (χ3n) is 2.03. The molecule has 0 spiro atoms. The number of hydrogen-bond donors (Lipinski definition) is 1. The Morgan fingerprint density at radius 2 is 2.09 bits per heavy atom. The lowest BCUT2D eigenvalue weighted by Gasteiger charge is -2.00. The van der Waals surface area contributed by atoms with E-state index in [1.807, 2.05) is 0 Å². The molecule has 0 saturated heterocycles. The minimum atomic E-state index is 0. The third kappa shape index (κ3) is 1.21. The number of ether oxygens (including phenoxy) is 1. The van der Waals surface area contributed by atoms with Crippen LogP contribution in [0.25, 0.3) is 0 Å². The fourth-order valence-electron chi connectivity index (χ4n) is 1.46. The van der Waals surface area contributed by atoms with Crippen LogP contribution in [-0.4, -0.2) is 7.11 Å². The molecule has 60 valence electrons. The fraction of sp³-hybridized carbons (Fsp3) is 0.333. The second-order valence-electron chi connectivity index (χ2n) is 2.65. The van der Waals surface area contributed by atoms with Gasteiger partial charge in [0.1, 0.15) is 5.75 Å². The van der Waals surface area contributed by atoms with Gasteiger partial charge in [-0.2, -0.15) is 0 Å². The van der Waals surface area contributed by atoms with E-state index in [2.05, 4.69) is 18.2 Å². The maximum atomic E-state index is 5.17. The van der Waals surface area contributed by atoms with E-state index < -0.39 is 0 Å². The Bertz CT molecular complexity index is 258. The molecule has 0 saturated carbocycles. The molecule has 0 aliphatic heterocycles. The zero-order valence-electron chi connectivity index (χ0n) is 6.76. The molecular formula is C9H13NO. The highest BCUT2D eigenvalue weighted by Gasteiger charge is 2.10. The van der Waals surface area contributed by atoms with Crippen LogP contribution < -0.4 is 10.9 Å². The molecule has 0 fully saturated rings. The van der Waals surface area contributed by atoms with Crippen LogP contribution in [0.4, 0.5) is 0 Å². The predicted octanol–water partition coefficient (Wildman–Crippen LogP) is 1.96. The van der Waals surface area contributed by atoms with Crippen LogP contribution in [0.5, 0.6) is 5.75 Å². The second kappa shape index (κ2) is 2.93. The summed E-state index contributed by atoms with van der Waals surface area (Å²) in [6.07, 6.45) is 2.35. The number of rotatable bonds is 1. The molecule has 1 aromatic rings. The maximum absolute atomic E-state index is 5.17. The normalized spacial score (nSPS) is 12.5. The van der Waals surface area contributed by atoms with Crippen LogP contribution in [0.3, 0.4) is 0 Å². The molecule has 0 unspecified atom stereocenters. The summed E-state index contributed by atoms with van der Waals surface area (Å²) in [7, 11) is 1.73. The number of benzene rings is 1. The van der Waals surface area contributed by atoms with Crippen LogP contribution in [0.2, 0.25) is 0 Å². The van der Waals surface area contributed by atoms with Gasteiger partial charge < -0.3 is 10.9 Å². The van der Waals surface area contributed by atoms with Crippen LogP contribution in [0.1, 0.15) is 11.1 Å². The molecule has 2 bridgehead atoms. The standard InChI is InChI=1S/C9H10O.H3N/c1-10-9-5-3-7-2-4-8(9)6-7;/h3,5-6H,2,4H2,1H3;1H3. The van der Waals surface area contributed by atoms with Crippen molar-refractivity contribution in [3.8, 4) is 5.75 Å². The quantitative estimate of drug-likeness (QED) is 0.666. The number of aryl methyl sites for hydroxylation is 2. The van der Waals surface area contributed by atoms with Crippen molar-refractivity contribution in [2.75, 3.05) is 7.11 Å². The van der Waals surface area contributed by atoms with Crippen molar-refractivity contribution >= 4 is 0 Å². The molecule has 1 aliphatic carbocycles. The second-order valence-corrected chi connectivity index (χ2v) is 2.65. The van der Waals surface area contributed by atoms with E-state index in [-0.39, 0.29) is 6.15 Å². The lowest BCUT2D eigenvalue weighted by atomic mass is 10.2. The predicted molar refractivity (Wildman–Crippen MR) is 45.4 cm³/mol. The summed E-state index contributed by atoms with van der Waals surface area (Å²) in [6.45, 7) is 0. The van der Waals surface area contributed by atoms with Gasteiger partial charge in [0.25, 0.3) is 0 Å². The van der Waals surface area contributed by atoms with Crippen molar-refractivity contribution in [3.05, 3.63) is 29.3 Å². The SMILES string of the molecule is COc1ccc2cc1CC2.N. The molecule has 0 radical (unpaired) electrons. The maximum Gasteiger partial charge on any atom is 0.122 e. The van der Waals surface area contributed by atoms with Crippen LogP contribution in [0.15, 0.2) is 18.2 Å². The summed E-state index contributed by atoms with van der Waals surface area (Å²) >= 11 is 0. The highest BCUT2D eigenvalue weighted by molar-refractivity contribution is 5.41. The molecule has 0 heterocycles. The van der Waals surface area contributed by atoms with E-state index >= 15 is 0 Å². The highest BCUT2D eigenvalue weighted by atomic mass is 16.5. The van der Waals surface area contributed by atoms with E-state index in [1.165, 1.54) is 17.5 Å². The van der Waals surface area contributed by atoms with Gasteiger partial charge in [-0.3, -0.25) is 0 Å². The highest BCUT2D eigenvalue weighted by Crippen LogP contribution is 2.26. The molecule has 1 aliphatic rings. The van der Waals surface area contributed by atoms with Crippen molar-refractivity contribution in [2.24, 2.45) is 0 Å². The van der Waals surface area contributed by atoms with Gasteiger partial charge >= 0.3 is 0 Å². The molecular weight excluding hydrogens is 138 g/mol. The number of methoxy groups -OCH3 is 1. The van der Waals surface area contributed by atoms with Crippen molar-refractivity contribution in [1.82, 2.24) is 6.15 Å². The number of fused-ring (bicyclic) bond motifs is 2. The first-order valence-electron chi connectivity index (χ1n) is 3.56. The molecule has 0 atom stereocenters. The lowest BCUT2D eigenvalue weighted by molar-refractivity contribution is 0.411. The molecule has 0 amide bonds. The van der Waals surface area contributed by atoms with Crippen molar-refractivity contribution in [2.45, 2.75) is 12.8 Å². The first kappa shape index (κ1) is 8.08. The molecule has 2 nitrogen and oxygen atoms in total. The summed E-state index contributed by atoms with van der Waals surface area (Å²) in [5.41, 5.74) is 2.80. The van der Waals surface area contributed by atoms with Gasteiger partial charge in [-0.05, 0) is 30.0 Å². The van der Waals surface area contributed by atoms with Crippen molar-refractivity contribution in [3.63, 3.8) is 0 Å².